The summed E-state index contributed by atoms with van der Waals surface area (Å²) in [5, 5.41) is 23.3. The number of aromatic amines is 1. The minimum atomic E-state index is -0.740. The molecule has 3 heterocycles. The molecule has 1 aliphatic heterocycles. The van der Waals surface area contributed by atoms with E-state index in [9.17, 15) is 14.4 Å². The molecule has 0 saturated heterocycles. The van der Waals surface area contributed by atoms with Crippen molar-refractivity contribution in [1.82, 2.24) is 40.8 Å². The molecule has 41 heavy (non-hydrogen) atoms. The zero-order chi connectivity index (χ0) is 28.8. The Labute approximate surface area is 238 Å². The zero-order valence-corrected chi connectivity index (χ0v) is 22.5. The minimum absolute atomic E-state index is 0.0333. The second-order valence-corrected chi connectivity index (χ2v) is 9.32. The summed E-state index contributed by atoms with van der Waals surface area (Å²) in [5.41, 5.74) is 3.80. The van der Waals surface area contributed by atoms with Crippen LogP contribution in [0.2, 0.25) is 5.02 Å². The third-order valence-electron chi connectivity index (χ3n) is 6.12. The Morgan fingerprint density at radius 1 is 1.17 bits per heavy atom. The van der Waals surface area contributed by atoms with Gasteiger partial charge in [0, 0.05) is 52.9 Å². The summed E-state index contributed by atoms with van der Waals surface area (Å²) in [6.45, 7) is 0.752. The number of fused-ring (bicyclic) bond motifs is 4. The van der Waals surface area contributed by atoms with Crippen LogP contribution in [0.1, 0.15) is 23.9 Å². The molecule has 3 amide bonds. The average Bonchev–Trinajstić information content (AvgIpc) is 3.67. The fraction of sp³-hybridized carbons (Fsp3) is 0.192. The van der Waals surface area contributed by atoms with Crippen molar-refractivity contribution in [2.45, 2.75) is 12.5 Å². The van der Waals surface area contributed by atoms with E-state index in [0.29, 0.717) is 52.3 Å². The molecular weight excluding hydrogens is 552 g/mol. The van der Waals surface area contributed by atoms with Crippen LogP contribution in [0.25, 0.3) is 23.0 Å². The van der Waals surface area contributed by atoms with Crippen LogP contribution < -0.4 is 21.3 Å². The number of anilines is 2. The van der Waals surface area contributed by atoms with Crippen LogP contribution in [-0.4, -0.2) is 68.3 Å². The minimum Gasteiger partial charge on any atom is -0.453 e. The quantitative estimate of drug-likeness (QED) is 0.223. The molecule has 2 aromatic carbocycles. The van der Waals surface area contributed by atoms with Crippen LogP contribution >= 0.6 is 11.6 Å². The van der Waals surface area contributed by atoms with Gasteiger partial charge < -0.3 is 25.7 Å². The van der Waals surface area contributed by atoms with E-state index in [1.807, 2.05) is 0 Å². The number of ether oxygens (including phenoxy) is 1. The summed E-state index contributed by atoms with van der Waals surface area (Å²) in [5.74, 6) is -0.315. The Morgan fingerprint density at radius 3 is 2.83 bits per heavy atom. The topological polar surface area (TPSA) is 181 Å². The van der Waals surface area contributed by atoms with Crippen LogP contribution in [0.3, 0.4) is 0 Å². The van der Waals surface area contributed by atoms with Crippen LogP contribution in [0.5, 0.6) is 0 Å². The normalized spacial score (nSPS) is 15.1. The second-order valence-electron chi connectivity index (χ2n) is 8.88. The Hall–Kier alpha value is -5.24. The monoisotopic (exact) mass is 576 g/mol. The van der Waals surface area contributed by atoms with Gasteiger partial charge in [0.25, 0.3) is 0 Å². The number of aromatic nitrogens is 6. The van der Waals surface area contributed by atoms with Crippen molar-refractivity contribution >= 4 is 47.0 Å². The number of imidazole rings is 1. The number of tetrazole rings is 1. The second kappa shape index (κ2) is 12.3. The van der Waals surface area contributed by atoms with E-state index in [4.69, 9.17) is 11.6 Å². The molecule has 0 unspecified atom stereocenters. The van der Waals surface area contributed by atoms with Crippen molar-refractivity contribution < 1.29 is 19.1 Å². The summed E-state index contributed by atoms with van der Waals surface area (Å²) in [6, 6.07) is 9.65. The molecule has 0 fully saturated rings. The van der Waals surface area contributed by atoms with Crippen LogP contribution in [-0.2, 0) is 14.3 Å². The molecule has 5 rings (SSSR count). The first-order chi connectivity index (χ1) is 19.9. The van der Waals surface area contributed by atoms with Gasteiger partial charge in [0.05, 0.1) is 31.0 Å². The first-order valence-corrected chi connectivity index (χ1v) is 12.8. The van der Waals surface area contributed by atoms with E-state index in [-0.39, 0.29) is 12.3 Å². The lowest BCUT2D eigenvalue weighted by atomic mass is 10.1. The number of methoxy groups -OCH3 is 1. The number of nitrogens with zero attached hydrogens (tertiary/aromatic N) is 5. The standard InChI is InChI=1S/C26H25ClN10O4/c1-41-26(40)32-17-4-5-18-19(11-17)28-8-9-29-24(39)12-20(25-30-13-21(18)34-25)33-23(38)7-2-15-10-16(27)3-6-22(15)37-14-31-35-36-37/h2-7,10-11,13-14,20,28H,8-9,12H2,1H3,(H,29,39)(H,30,34)(H,32,40)(H,33,38)/b7-2+/t20-/m0/s1. The van der Waals surface area contributed by atoms with Gasteiger partial charge in [-0.25, -0.2) is 9.78 Å². The summed E-state index contributed by atoms with van der Waals surface area (Å²) >= 11 is 6.17. The van der Waals surface area contributed by atoms with Gasteiger partial charge in [-0.15, -0.1) is 5.10 Å². The van der Waals surface area contributed by atoms with E-state index < -0.39 is 18.0 Å². The van der Waals surface area contributed by atoms with Gasteiger partial charge >= 0.3 is 6.09 Å². The molecule has 2 bridgehead atoms. The highest BCUT2D eigenvalue weighted by molar-refractivity contribution is 6.30. The highest BCUT2D eigenvalue weighted by Gasteiger charge is 2.22. The van der Waals surface area contributed by atoms with Crippen molar-refractivity contribution in [3.63, 3.8) is 0 Å². The summed E-state index contributed by atoms with van der Waals surface area (Å²) in [4.78, 5) is 45.1. The predicted octanol–water partition coefficient (Wildman–Crippen LogP) is 2.69. The average molecular weight is 577 g/mol. The van der Waals surface area contributed by atoms with Gasteiger partial charge in [-0.1, -0.05) is 11.6 Å². The predicted molar refractivity (Wildman–Crippen MR) is 150 cm³/mol. The van der Waals surface area contributed by atoms with Gasteiger partial charge in [-0.3, -0.25) is 14.9 Å². The van der Waals surface area contributed by atoms with Gasteiger partial charge in [-0.05, 0) is 52.9 Å². The van der Waals surface area contributed by atoms with E-state index in [1.54, 1.807) is 48.7 Å². The number of benzene rings is 2. The Bertz CT molecular complexity index is 1600. The number of hydrogen-bond acceptors (Lipinski definition) is 9. The first-order valence-electron chi connectivity index (χ1n) is 12.5. The first kappa shape index (κ1) is 27.3. The molecule has 0 spiro atoms. The lowest BCUT2D eigenvalue weighted by Crippen LogP contribution is -2.35. The number of carbonyl (C=O) groups is 3. The van der Waals surface area contributed by atoms with E-state index in [2.05, 4.69) is 51.5 Å². The Morgan fingerprint density at radius 2 is 2.02 bits per heavy atom. The lowest BCUT2D eigenvalue weighted by Gasteiger charge is -2.18. The molecule has 210 valence electrons. The molecule has 0 aliphatic carbocycles. The number of rotatable bonds is 5. The molecule has 1 atom stereocenters. The molecule has 0 saturated carbocycles. The number of carbonyl (C=O) groups excluding carboxylic acids is 3. The van der Waals surface area contributed by atoms with Crippen molar-refractivity contribution in [3.8, 4) is 16.9 Å². The van der Waals surface area contributed by atoms with Gasteiger partial charge in [0.15, 0.2) is 0 Å². The highest BCUT2D eigenvalue weighted by atomic mass is 35.5. The third kappa shape index (κ3) is 6.67. The van der Waals surface area contributed by atoms with Gasteiger partial charge in [0.2, 0.25) is 11.8 Å². The molecule has 15 heteroatoms. The maximum absolute atomic E-state index is 13.0. The van der Waals surface area contributed by atoms with Crippen molar-refractivity contribution in [2.24, 2.45) is 0 Å². The number of hydrogen-bond donors (Lipinski definition) is 5. The lowest BCUT2D eigenvalue weighted by molar-refractivity contribution is -0.122. The summed E-state index contributed by atoms with van der Waals surface area (Å²) < 4.78 is 6.12. The molecule has 1 aliphatic rings. The van der Waals surface area contributed by atoms with Crippen LogP contribution in [0.15, 0.2) is 55.0 Å². The van der Waals surface area contributed by atoms with Crippen molar-refractivity contribution in [1.29, 1.82) is 0 Å². The molecule has 5 N–H and O–H groups in total. The highest BCUT2D eigenvalue weighted by Crippen LogP contribution is 2.31. The maximum Gasteiger partial charge on any atom is 0.411 e. The van der Waals surface area contributed by atoms with E-state index in [1.165, 1.54) is 24.2 Å². The smallest absolute Gasteiger partial charge is 0.411 e. The van der Waals surface area contributed by atoms with E-state index >= 15 is 0 Å². The SMILES string of the molecule is COC(=O)Nc1ccc2c(c1)NCCNC(=O)C[C@H](NC(=O)/C=C/c1cc(Cl)ccc1-n1cnnn1)c1nc-2c[nH]1. The van der Waals surface area contributed by atoms with E-state index in [0.717, 1.165) is 5.56 Å². The number of halogens is 1. The fourth-order valence-corrected chi connectivity index (χ4v) is 4.39. The molecule has 4 aromatic rings. The van der Waals surface area contributed by atoms with Crippen LogP contribution in [0.4, 0.5) is 16.2 Å². The van der Waals surface area contributed by atoms with Crippen LogP contribution in [0, 0.1) is 0 Å². The van der Waals surface area contributed by atoms with Crippen molar-refractivity contribution in [3.05, 3.63) is 71.4 Å². The maximum atomic E-state index is 13.0. The van der Waals surface area contributed by atoms with Gasteiger partial charge in [-0.2, -0.15) is 4.68 Å². The Kier molecular flexibility index (Phi) is 8.20. The van der Waals surface area contributed by atoms with Gasteiger partial charge in [0.1, 0.15) is 12.2 Å². The third-order valence-corrected chi connectivity index (χ3v) is 6.36. The Balaban J connectivity index is 1.39. The molecular formula is C26H25ClN10O4. The number of H-pyrrole nitrogens is 1. The molecule has 0 radical (unpaired) electrons. The zero-order valence-electron chi connectivity index (χ0n) is 21.7. The number of nitrogens with one attached hydrogen (secondary N) is 5. The summed E-state index contributed by atoms with van der Waals surface area (Å²) in [6.07, 6.45) is 5.42. The number of amides is 3. The van der Waals surface area contributed by atoms with Crippen molar-refractivity contribution in [2.75, 3.05) is 30.8 Å². The molecule has 14 nitrogen and oxygen atoms in total. The molecule has 2 aromatic heterocycles. The largest absolute Gasteiger partial charge is 0.453 e. The fourth-order valence-electron chi connectivity index (χ4n) is 4.21. The summed E-state index contributed by atoms with van der Waals surface area (Å²) in [7, 11) is 1.28.